The lowest BCUT2D eigenvalue weighted by molar-refractivity contribution is -0.130. The fraction of sp³-hybridized carbons (Fsp3) is 0.588. The van der Waals surface area contributed by atoms with Crippen LogP contribution in [0.25, 0.3) is 0 Å². The van der Waals surface area contributed by atoms with Gasteiger partial charge in [0.25, 0.3) is 0 Å². The van der Waals surface area contributed by atoms with E-state index in [4.69, 9.17) is 4.74 Å². The van der Waals surface area contributed by atoms with Gasteiger partial charge in [-0.3, -0.25) is 4.79 Å². The summed E-state index contributed by atoms with van der Waals surface area (Å²) in [6.45, 7) is 4.29. The van der Waals surface area contributed by atoms with E-state index in [0.717, 1.165) is 24.3 Å². The molecule has 1 aliphatic heterocycles. The highest BCUT2D eigenvalue weighted by molar-refractivity contribution is 5.85. The summed E-state index contributed by atoms with van der Waals surface area (Å²) >= 11 is 0. The summed E-state index contributed by atoms with van der Waals surface area (Å²) in [6, 6.07) is 8.48. The van der Waals surface area contributed by atoms with Gasteiger partial charge in [0.15, 0.2) is 0 Å². The Hall–Kier alpha value is -1.26. The number of carbonyl (C=O) groups is 1. The maximum atomic E-state index is 12.1. The molecule has 1 aliphatic rings. The van der Waals surface area contributed by atoms with E-state index in [-0.39, 0.29) is 18.3 Å². The number of amides is 1. The van der Waals surface area contributed by atoms with Crippen molar-refractivity contribution >= 4 is 18.3 Å². The van der Waals surface area contributed by atoms with Gasteiger partial charge >= 0.3 is 0 Å². The minimum Gasteiger partial charge on any atom is -0.491 e. The van der Waals surface area contributed by atoms with E-state index in [0.29, 0.717) is 25.6 Å². The first-order valence-corrected chi connectivity index (χ1v) is 7.82. The molecule has 1 aromatic carbocycles. The van der Waals surface area contributed by atoms with Crippen molar-refractivity contribution in [3.05, 3.63) is 29.8 Å². The Kier molecular flexibility index (Phi) is 8.28. The van der Waals surface area contributed by atoms with Crippen LogP contribution < -0.4 is 10.1 Å². The lowest BCUT2D eigenvalue weighted by atomic mass is 10.1. The first-order chi connectivity index (χ1) is 10.2. The highest BCUT2D eigenvalue weighted by atomic mass is 35.5. The van der Waals surface area contributed by atoms with Crippen molar-refractivity contribution in [1.29, 1.82) is 0 Å². The molecule has 1 saturated heterocycles. The number of benzene rings is 1. The third-order valence-corrected chi connectivity index (χ3v) is 4.07. The van der Waals surface area contributed by atoms with Crippen molar-refractivity contribution in [1.82, 2.24) is 10.2 Å². The molecule has 4 nitrogen and oxygen atoms in total. The van der Waals surface area contributed by atoms with Crippen LogP contribution in [-0.4, -0.2) is 43.6 Å². The largest absolute Gasteiger partial charge is 0.491 e. The van der Waals surface area contributed by atoms with E-state index < -0.39 is 0 Å². The first-order valence-electron chi connectivity index (χ1n) is 7.82. The fourth-order valence-electron chi connectivity index (χ4n) is 2.63. The Morgan fingerprint density at radius 3 is 2.86 bits per heavy atom. The van der Waals surface area contributed by atoms with E-state index in [9.17, 15) is 4.79 Å². The highest BCUT2D eigenvalue weighted by Crippen LogP contribution is 2.16. The Morgan fingerprint density at radius 2 is 2.18 bits per heavy atom. The van der Waals surface area contributed by atoms with Gasteiger partial charge in [0, 0.05) is 19.5 Å². The second-order valence-electron chi connectivity index (χ2n) is 5.76. The van der Waals surface area contributed by atoms with Crippen molar-refractivity contribution < 1.29 is 9.53 Å². The summed E-state index contributed by atoms with van der Waals surface area (Å²) in [5.41, 5.74) is 1.12. The molecular weight excluding hydrogens is 300 g/mol. The second kappa shape index (κ2) is 9.70. The molecule has 1 fully saturated rings. The molecule has 0 radical (unpaired) electrons. The van der Waals surface area contributed by atoms with Crippen LogP contribution in [0.1, 0.15) is 31.2 Å². The first kappa shape index (κ1) is 18.8. The highest BCUT2D eigenvalue weighted by Gasteiger charge is 2.16. The standard InChI is InChI=1S/C17H26N2O2.ClH/c1-14-6-3-4-8-16(14)21-13-12-19(2)17(20)10-9-15-7-5-11-18-15;/h3-4,6,8,15,18H,5,7,9-13H2,1-2H3;1H. The number of hydrogen-bond donors (Lipinski definition) is 1. The fourth-order valence-corrected chi connectivity index (χ4v) is 2.63. The molecule has 0 bridgehead atoms. The normalized spacial score (nSPS) is 16.9. The van der Waals surface area contributed by atoms with Crippen LogP contribution in [0.5, 0.6) is 5.75 Å². The van der Waals surface area contributed by atoms with Crippen molar-refractivity contribution in [3.63, 3.8) is 0 Å². The molecule has 2 rings (SSSR count). The maximum absolute atomic E-state index is 12.1. The van der Waals surface area contributed by atoms with E-state index in [1.807, 2.05) is 38.2 Å². The van der Waals surface area contributed by atoms with E-state index in [2.05, 4.69) is 5.32 Å². The van der Waals surface area contributed by atoms with Gasteiger partial charge < -0.3 is 15.0 Å². The number of halogens is 1. The van der Waals surface area contributed by atoms with E-state index in [1.54, 1.807) is 4.90 Å². The van der Waals surface area contributed by atoms with Crippen LogP contribution in [0.3, 0.4) is 0 Å². The van der Waals surface area contributed by atoms with Gasteiger partial charge in [-0.25, -0.2) is 0 Å². The van der Waals surface area contributed by atoms with Crippen LogP contribution in [-0.2, 0) is 4.79 Å². The molecule has 1 atom stereocenters. The Labute approximate surface area is 139 Å². The minimum absolute atomic E-state index is 0. The van der Waals surface area contributed by atoms with Crippen LogP contribution >= 0.6 is 12.4 Å². The minimum atomic E-state index is 0. The van der Waals surface area contributed by atoms with E-state index >= 15 is 0 Å². The van der Waals surface area contributed by atoms with Crippen LogP contribution in [0.4, 0.5) is 0 Å². The van der Waals surface area contributed by atoms with Gasteiger partial charge in [-0.1, -0.05) is 18.2 Å². The van der Waals surface area contributed by atoms with Crippen molar-refractivity contribution in [2.75, 3.05) is 26.7 Å². The maximum Gasteiger partial charge on any atom is 0.222 e. The molecule has 1 amide bonds. The third kappa shape index (κ3) is 5.85. The topological polar surface area (TPSA) is 41.6 Å². The lowest BCUT2D eigenvalue weighted by Crippen LogP contribution is -2.32. The van der Waals surface area contributed by atoms with Gasteiger partial charge in [0.2, 0.25) is 5.91 Å². The van der Waals surface area contributed by atoms with Crippen molar-refractivity contribution in [3.8, 4) is 5.75 Å². The van der Waals surface area contributed by atoms with Gasteiger partial charge in [-0.05, 0) is 44.4 Å². The average Bonchev–Trinajstić information content (AvgIpc) is 3.00. The number of nitrogens with one attached hydrogen (secondary N) is 1. The summed E-state index contributed by atoms with van der Waals surface area (Å²) < 4.78 is 5.73. The number of likely N-dealkylation sites (N-methyl/N-ethyl adjacent to an activating group) is 1. The van der Waals surface area contributed by atoms with Gasteiger partial charge in [-0.15, -0.1) is 12.4 Å². The average molecular weight is 327 g/mol. The quantitative estimate of drug-likeness (QED) is 0.837. The number of aryl methyl sites for hydroxylation is 1. The zero-order valence-electron chi connectivity index (χ0n) is 13.5. The zero-order valence-corrected chi connectivity index (χ0v) is 14.3. The molecule has 1 heterocycles. The Morgan fingerprint density at radius 1 is 1.41 bits per heavy atom. The number of rotatable bonds is 7. The molecule has 0 aliphatic carbocycles. The molecule has 1 unspecified atom stereocenters. The van der Waals surface area contributed by atoms with Crippen LogP contribution in [0, 0.1) is 6.92 Å². The summed E-state index contributed by atoms with van der Waals surface area (Å²) in [6.07, 6.45) is 4.01. The second-order valence-corrected chi connectivity index (χ2v) is 5.76. The molecule has 1 aromatic rings. The van der Waals surface area contributed by atoms with Gasteiger partial charge in [-0.2, -0.15) is 0 Å². The van der Waals surface area contributed by atoms with Crippen molar-refractivity contribution in [2.24, 2.45) is 0 Å². The summed E-state index contributed by atoms with van der Waals surface area (Å²) in [5.74, 6) is 1.10. The van der Waals surface area contributed by atoms with E-state index in [1.165, 1.54) is 12.8 Å². The number of ether oxygens (including phenoxy) is 1. The monoisotopic (exact) mass is 326 g/mol. The predicted molar refractivity (Wildman–Crippen MR) is 91.8 cm³/mol. The third-order valence-electron chi connectivity index (χ3n) is 4.07. The molecule has 0 aromatic heterocycles. The molecular formula is C17H27ClN2O2. The van der Waals surface area contributed by atoms with Gasteiger partial charge in [0.1, 0.15) is 12.4 Å². The van der Waals surface area contributed by atoms with Crippen LogP contribution in [0.15, 0.2) is 24.3 Å². The Bertz CT molecular complexity index is 462. The lowest BCUT2D eigenvalue weighted by Gasteiger charge is -2.19. The summed E-state index contributed by atoms with van der Waals surface area (Å²) in [7, 11) is 1.85. The smallest absolute Gasteiger partial charge is 0.222 e. The summed E-state index contributed by atoms with van der Waals surface area (Å²) in [4.78, 5) is 13.8. The molecule has 0 spiro atoms. The number of para-hydroxylation sites is 1. The SMILES string of the molecule is Cc1ccccc1OCCN(C)C(=O)CCC1CCCN1.Cl. The number of hydrogen-bond acceptors (Lipinski definition) is 3. The summed E-state index contributed by atoms with van der Waals surface area (Å²) in [5, 5.41) is 3.43. The molecule has 0 saturated carbocycles. The number of nitrogens with zero attached hydrogens (tertiary/aromatic N) is 1. The molecule has 1 N–H and O–H groups in total. The van der Waals surface area contributed by atoms with Crippen LogP contribution in [0.2, 0.25) is 0 Å². The Balaban J connectivity index is 0.00000242. The molecule has 5 heteroatoms. The molecule has 124 valence electrons. The zero-order chi connectivity index (χ0) is 15.1. The predicted octanol–water partition coefficient (Wildman–Crippen LogP) is 2.79. The van der Waals surface area contributed by atoms with Crippen molar-refractivity contribution in [2.45, 2.75) is 38.6 Å². The molecule has 22 heavy (non-hydrogen) atoms. The van der Waals surface area contributed by atoms with Gasteiger partial charge in [0.05, 0.1) is 6.54 Å². The number of carbonyl (C=O) groups excluding carboxylic acids is 1.